The van der Waals surface area contributed by atoms with E-state index in [1.54, 1.807) is 30.5 Å². The Labute approximate surface area is 119 Å². The van der Waals surface area contributed by atoms with Crippen molar-refractivity contribution in [1.82, 2.24) is 4.98 Å². The molecule has 1 aromatic heterocycles. The Hall–Kier alpha value is -1.10. The molecule has 0 aliphatic heterocycles. The maximum atomic E-state index is 10.3. The van der Waals surface area contributed by atoms with Crippen molar-refractivity contribution in [3.8, 4) is 5.75 Å². The first-order chi connectivity index (χ1) is 8.63. The number of hydrogen-bond acceptors (Lipinski definition) is 3. The second kappa shape index (κ2) is 5.69. The fourth-order valence-corrected chi connectivity index (χ4v) is 2.27. The van der Waals surface area contributed by atoms with E-state index in [2.05, 4.69) is 20.9 Å². The van der Waals surface area contributed by atoms with Crippen molar-refractivity contribution in [3.05, 3.63) is 57.3 Å². The van der Waals surface area contributed by atoms with Crippen LogP contribution >= 0.6 is 27.5 Å². The number of hydrogen-bond donors (Lipinski definition) is 1. The van der Waals surface area contributed by atoms with Gasteiger partial charge in [-0.05, 0) is 45.8 Å². The van der Waals surface area contributed by atoms with E-state index in [1.807, 2.05) is 6.07 Å². The van der Waals surface area contributed by atoms with Gasteiger partial charge in [-0.25, -0.2) is 0 Å². The quantitative estimate of drug-likeness (QED) is 0.936. The van der Waals surface area contributed by atoms with Crippen molar-refractivity contribution in [3.63, 3.8) is 0 Å². The fourth-order valence-electron chi connectivity index (χ4n) is 1.60. The number of benzene rings is 1. The highest BCUT2D eigenvalue weighted by Gasteiger charge is 2.16. The van der Waals surface area contributed by atoms with Gasteiger partial charge < -0.3 is 9.84 Å². The Morgan fingerprint density at radius 2 is 2.17 bits per heavy atom. The van der Waals surface area contributed by atoms with Gasteiger partial charge in [0.25, 0.3) is 0 Å². The second-order valence-electron chi connectivity index (χ2n) is 3.67. The molecule has 0 radical (unpaired) electrons. The van der Waals surface area contributed by atoms with E-state index >= 15 is 0 Å². The summed E-state index contributed by atoms with van der Waals surface area (Å²) in [5.74, 6) is 0.528. The van der Waals surface area contributed by atoms with Crippen LogP contribution < -0.4 is 4.74 Å². The molecule has 94 valence electrons. The maximum Gasteiger partial charge on any atom is 0.137 e. The molecule has 2 aromatic rings. The summed E-state index contributed by atoms with van der Waals surface area (Å²) in [7, 11) is 1.54. The number of aromatic nitrogens is 1. The minimum atomic E-state index is -0.827. The molecule has 0 aliphatic rings. The highest BCUT2D eigenvalue weighted by atomic mass is 79.9. The number of aliphatic hydroxyl groups excluding tert-OH is 1. The average molecular weight is 329 g/mol. The third-order valence-electron chi connectivity index (χ3n) is 2.54. The maximum absolute atomic E-state index is 10.3. The smallest absolute Gasteiger partial charge is 0.137 e. The Bertz CT molecular complexity index is 562. The monoisotopic (exact) mass is 327 g/mol. The standard InChI is InChI=1S/C13H11BrClNO2/c1-18-11-7-8(4-5-10(11)15)13(17)12-9(14)3-2-6-16-12/h2-7,13,17H,1H3. The number of rotatable bonds is 3. The van der Waals surface area contributed by atoms with Gasteiger partial charge in [0, 0.05) is 10.7 Å². The SMILES string of the molecule is COc1cc(C(O)c2ncccc2Br)ccc1Cl. The molecule has 0 spiro atoms. The first-order valence-electron chi connectivity index (χ1n) is 5.25. The first-order valence-corrected chi connectivity index (χ1v) is 6.42. The van der Waals surface area contributed by atoms with Crippen LogP contribution in [0.25, 0.3) is 0 Å². The molecule has 0 fully saturated rings. The normalized spacial score (nSPS) is 12.2. The number of pyridine rings is 1. The van der Waals surface area contributed by atoms with E-state index in [9.17, 15) is 5.11 Å². The van der Waals surface area contributed by atoms with E-state index in [0.29, 0.717) is 22.0 Å². The molecule has 0 saturated heterocycles. The van der Waals surface area contributed by atoms with Crippen molar-refractivity contribution in [2.75, 3.05) is 7.11 Å². The summed E-state index contributed by atoms with van der Waals surface area (Å²) in [6, 6.07) is 8.77. The van der Waals surface area contributed by atoms with Crippen LogP contribution in [-0.4, -0.2) is 17.2 Å². The molecule has 1 aromatic carbocycles. The summed E-state index contributed by atoms with van der Waals surface area (Å²) in [5.41, 5.74) is 1.23. The molecule has 0 aliphatic carbocycles. The Kier molecular flexibility index (Phi) is 4.22. The number of aliphatic hydroxyl groups is 1. The van der Waals surface area contributed by atoms with Gasteiger partial charge in [-0.3, -0.25) is 4.98 Å². The fraction of sp³-hybridized carbons (Fsp3) is 0.154. The third kappa shape index (κ3) is 2.66. The summed E-state index contributed by atoms with van der Waals surface area (Å²) < 4.78 is 5.88. The van der Waals surface area contributed by atoms with Crippen LogP contribution in [0.3, 0.4) is 0 Å². The van der Waals surface area contributed by atoms with E-state index in [-0.39, 0.29) is 0 Å². The third-order valence-corrected chi connectivity index (χ3v) is 3.52. The van der Waals surface area contributed by atoms with E-state index in [0.717, 1.165) is 4.47 Å². The summed E-state index contributed by atoms with van der Waals surface area (Å²) in [6.07, 6.45) is 0.808. The number of nitrogens with zero attached hydrogens (tertiary/aromatic N) is 1. The predicted octanol–water partition coefficient (Wildman–Crippen LogP) is 3.59. The lowest BCUT2D eigenvalue weighted by Gasteiger charge is -2.13. The van der Waals surface area contributed by atoms with Gasteiger partial charge in [0.05, 0.1) is 17.8 Å². The average Bonchev–Trinajstić information content (AvgIpc) is 2.39. The predicted molar refractivity (Wildman–Crippen MR) is 74.0 cm³/mol. The molecule has 2 rings (SSSR count). The van der Waals surface area contributed by atoms with Crippen molar-refractivity contribution >= 4 is 27.5 Å². The van der Waals surface area contributed by atoms with Crippen LogP contribution in [0.1, 0.15) is 17.4 Å². The highest BCUT2D eigenvalue weighted by molar-refractivity contribution is 9.10. The molecule has 1 unspecified atom stereocenters. The summed E-state index contributed by atoms with van der Waals surface area (Å²) in [5, 5.41) is 10.8. The van der Waals surface area contributed by atoms with E-state index in [1.165, 1.54) is 7.11 Å². The molecule has 1 heterocycles. The van der Waals surface area contributed by atoms with E-state index < -0.39 is 6.10 Å². The largest absolute Gasteiger partial charge is 0.495 e. The van der Waals surface area contributed by atoms with Crippen molar-refractivity contribution in [1.29, 1.82) is 0 Å². The minimum Gasteiger partial charge on any atom is -0.495 e. The van der Waals surface area contributed by atoms with Crippen LogP contribution in [0, 0.1) is 0 Å². The van der Waals surface area contributed by atoms with Crippen LogP contribution in [0.2, 0.25) is 5.02 Å². The van der Waals surface area contributed by atoms with E-state index in [4.69, 9.17) is 16.3 Å². The zero-order valence-electron chi connectivity index (χ0n) is 9.60. The molecule has 3 nitrogen and oxygen atoms in total. The van der Waals surface area contributed by atoms with Gasteiger partial charge in [0.15, 0.2) is 0 Å². The minimum absolute atomic E-state index is 0.508. The lowest BCUT2D eigenvalue weighted by Crippen LogP contribution is -2.03. The Morgan fingerprint density at radius 3 is 2.83 bits per heavy atom. The van der Waals surface area contributed by atoms with Gasteiger partial charge in [-0.1, -0.05) is 17.7 Å². The van der Waals surface area contributed by atoms with Crippen molar-refractivity contribution in [2.45, 2.75) is 6.10 Å². The van der Waals surface area contributed by atoms with Crippen LogP contribution in [0.4, 0.5) is 0 Å². The van der Waals surface area contributed by atoms with Gasteiger partial charge in [-0.2, -0.15) is 0 Å². The number of methoxy groups -OCH3 is 1. The van der Waals surface area contributed by atoms with Crippen molar-refractivity contribution in [2.24, 2.45) is 0 Å². The van der Waals surface area contributed by atoms with Gasteiger partial charge in [-0.15, -0.1) is 0 Å². The molecule has 1 atom stereocenters. The van der Waals surface area contributed by atoms with Crippen LogP contribution in [-0.2, 0) is 0 Å². The molecule has 0 saturated carbocycles. The molecule has 0 amide bonds. The highest BCUT2D eigenvalue weighted by Crippen LogP contribution is 2.31. The molecular weight excluding hydrogens is 318 g/mol. The summed E-state index contributed by atoms with van der Waals surface area (Å²) in [4.78, 5) is 4.16. The topological polar surface area (TPSA) is 42.4 Å². The molecule has 1 N–H and O–H groups in total. The lowest BCUT2D eigenvalue weighted by molar-refractivity contribution is 0.214. The Morgan fingerprint density at radius 1 is 1.39 bits per heavy atom. The number of ether oxygens (including phenoxy) is 1. The second-order valence-corrected chi connectivity index (χ2v) is 4.93. The summed E-state index contributed by atoms with van der Waals surface area (Å²) >= 11 is 9.31. The Balaban J connectivity index is 2.40. The van der Waals surface area contributed by atoms with Gasteiger partial charge in [0.1, 0.15) is 11.9 Å². The van der Waals surface area contributed by atoms with Gasteiger partial charge >= 0.3 is 0 Å². The van der Waals surface area contributed by atoms with Crippen molar-refractivity contribution < 1.29 is 9.84 Å². The molecule has 5 heteroatoms. The number of halogens is 2. The first kappa shape index (κ1) is 13.3. The molecule has 0 bridgehead atoms. The molecule has 18 heavy (non-hydrogen) atoms. The van der Waals surface area contributed by atoms with Crippen LogP contribution in [0.5, 0.6) is 5.75 Å². The summed E-state index contributed by atoms with van der Waals surface area (Å²) in [6.45, 7) is 0. The zero-order chi connectivity index (χ0) is 13.1. The lowest BCUT2D eigenvalue weighted by atomic mass is 10.1. The van der Waals surface area contributed by atoms with Gasteiger partial charge in [0.2, 0.25) is 0 Å². The molecular formula is C13H11BrClNO2. The zero-order valence-corrected chi connectivity index (χ0v) is 11.9. The van der Waals surface area contributed by atoms with Crippen LogP contribution in [0.15, 0.2) is 41.0 Å².